The van der Waals surface area contributed by atoms with Crippen LogP contribution in [0, 0.1) is 5.92 Å². The molecule has 7 nitrogen and oxygen atoms in total. The fourth-order valence-electron chi connectivity index (χ4n) is 2.31. The maximum Gasteiger partial charge on any atom is 0.308 e. The monoisotopic (exact) mass is 308 g/mol. The maximum atomic E-state index is 12.3. The molecule has 0 unspecified atom stereocenters. The van der Waals surface area contributed by atoms with Crippen LogP contribution in [-0.4, -0.2) is 67.5 Å². The highest BCUT2D eigenvalue weighted by Gasteiger charge is 2.35. The normalized spacial score (nSPS) is 19.3. The molecule has 0 spiro atoms. The first-order valence-electron chi connectivity index (χ1n) is 6.59. The Kier molecular flexibility index (Phi) is 5.54. The zero-order chi connectivity index (χ0) is 15.6. The van der Waals surface area contributed by atoms with E-state index in [-0.39, 0.29) is 31.5 Å². The number of hydrogen-bond acceptors (Lipinski definition) is 5. The molecule has 0 aromatic carbocycles. The van der Waals surface area contributed by atoms with Gasteiger partial charge in [-0.2, -0.15) is 17.0 Å². The van der Waals surface area contributed by atoms with Crippen LogP contribution in [0.25, 0.3) is 0 Å². The average Bonchev–Trinajstić information content (AvgIpc) is 2.36. The van der Waals surface area contributed by atoms with E-state index in [0.717, 1.165) is 4.31 Å². The number of methoxy groups -OCH3 is 1. The second-order valence-electron chi connectivity index (χ2n) is 5.77. The molecule has 1 heterocycles. The van der Waals surface area contributed by atoms with Crippen molar-refractivity contribution in [2.24, 2.45) is 5.92 Å². The summed E-state index contributed by atoms with van der Waals surface area (Å²) < 4.78 is 31.8. The predicted octanol–water partition coefficient (Wildman–Crippen LogP) is -0.181. The van der Waals surface area contributed by atoms with Crippen LogP contribution in [0.3, 0.4) is 0 Å². The molecule has 20 heavy (non-hydrogen) atoms. The standard InChI is InChI=1S/C12H24N2O5S/c1-12(2,16)9-13(3)20(17,18)14-7-5-10(6-8-14)11(15)19-4/h10,16H,5-9H2,1-4H3. The molecule has 0 aromatic rings. The van der Waals surface area contributed by atoms with E-state index in [1.54, 1.807) is 13.8 Å². The molecule has 0 radical (unpaired) electrons. The number of aliphatic hydroxyl groups is 1. The van der Waals surface area contributed by atoms with Crippen molar-refractivity contribution in [2.75, 3.05) is 33.8 Å². The number of hydrogen-bond donors (Lipinski definition) is 1. The van der Waals surface area contributed by atoms with Crippen molar-refractivity contribution in [2.45, 2.75) is 32.3 Å². The van der Waals surface area contributed by atoms with E-state index in [0.29, 0.717) is 12.8 Å². The Labute approximate surface area is 120 Å². The van der Waals surface area contributed by atoms with Gasteiger partial charge in [0.05, 0.1) is 18.6 Å². The zero-order valence-electron chi connectivity index (χ0n) is 12.5. The summed E-state index contributed by atoms with van der Waals surface area (Å²) in [6.07, 6.45) is 0.921. The molecule has 1 saturated heterocycles. The third-order valence-electron chi connectivity index (χ3n) is 3.32. The van der Waals surface area contributed by atoms with Gasteiger partial charge in [-0.3, -0.25) is 4.79 Å². The van der Waals surface area contributed by atoms with Gasteiger partial charge in [0, 0.05) is 26.7 Å². The van der Waals surface area contributed by atoms with Crippen molar-refractivity contribution in [3.05, 3.63) is 0 Å². The van der Waals surface area contributed by atoms with Gasteiger partial charge >= 0.3 is 5.97 Å². The largest absolute Gasteiger partial charge is 0.469 e. The molecule has 0 saturated carbocycles. The molecular weight excluding hydrogens is 284 g/mol. The first-order chi connectivity index (χ1) is 9.08. The van der Waals surface area contributed by atoms with Crippen molar-refractivity contribution >= 4 is 16.2 Å². The predicted molar refractivity (Wildman–Crippen MR) is 74.2 cm³/mol. The fourth-order valence-corrected chi connectivity index (χ4v) is 3.86. The van der Waals surface area contributed by atoms with Gasteiger partial charge in [0.25, 0.3) is 10.2 Å². The molecule has 118 valence electrons. The Morgan fingerprint density at radius 2 is 1.90 bits per heavy atom. The highest BCUT2D eigenvalue weighted by Crippen LogP contribution is 2.22. The molecule has 1 fully saturated rings. The van der Waals surface area contributed by atoms with Gasteiger partial charge in [0.1, 0.15) is 0 Å². The fraction of sp³-hybridized carbons (Fsp3) is 0.917. The first kappa shape index (κ1) is 17.4. The Bertz CT molecular complexity index is 435. The molecule has 0 amide bonds. The number of rotatable bonds is 5. The van der Waals surface area contributed by atoms with E-state index in [1.165, 1.54) is 18.5 Å². The summed E-state index contributed by atoms with van der Waals surface area (Å²) in [4.78, 5) is 11.4. The lowest BCUT2D eigenvalue weighted by Gasteiger charge is -2.34. The maximum absolute atomic E-state index is 12.3. The minimum absolute atomic E-state index is 0.0201. The van der Waals surface area contributed by atoms with Crippen LogP contribution in [0.1, 0.15) is 26.7 Å². The number of likely N-dealkylation sites (N-methyl/N-ethyl adjacent to an activating group) is 1. The van der Waals surface area contributed by atoms with Gasteiger partial charge in [-0.15, -0.1) is 0 Å². The minimum atomic E-state index is -3.60. The molecule has 1 aliphatic rings. The van der Waals surface area contributed by atoms with Crippen LogP contribution in [0.4, 0.5) is 0 Å². The molecule has 8 heteroatoms. The van der Waals surface area contributed by atoms with Gasteiger partial charge in [0.15, 0.2) is 0 Å². The van der Waals surface area contributed by atoms with Gasteiger partial charge in [-0.1, -0.05) is 0 Å². The van der Waals surface area contributed by atoms with Gasteiger partial charge in [-0.05, 0) is 26.7 Å². The van der Waals surface area contributed by atoms with E-state index in [1.807, 2.05) is 0 Å². The van der Waals surface area contributed by atoms with Gasteiger partial charge in [0.2, 0.25) is 0 Å². The second-order valence-corrected chi connectivity index (χ2v) is 7.81. The highest BCUT2D eigenvalue weighted by atomic mass is 32.2. The lowest BCUT2D eigenvalue weighted by atomic mass is 9.99. The van der Waals surface area contributed by atoms with Crippen LogP contribution < -0.4 is 0 Å². The van der Waals surface area contributed by atoms with Crippen LogP contribution in [0.2, 0.25) is 0 Å². The van der Waals surface area contributed by atoms with E-state index >= 15 is 0 Å². The lowest BCUT2D eigenvalue weighted by Crippen LogP contribution is -2.49. The van der Waals surface area contributed by atoms with E-state index in [9.17, 15) is 18.3 Å². The topological polar surface area (TPSA) is 87.2 Å². The number of esters is 1. The summed E-state index contributed by atoms with van der Waals surface area (Å²) in [7, 11) is -0.817. The Balaban J connectivity index is 2.65. The molecular formula is C12H24N2O5S. The smallest absolute Gasteiger partial charge is 0.308 e. The summed E-state index contributed by atoms with van der Waals surface area (Å²) in [6.45, 7) is 3.72. The van der Waals surface area contributed by atoms with Gasteiger partial charge in [-0.25, -0.2) is 0 Å². The first-order valence-corrected chi connectivity index (χ1v) is 7.99. The highest BCUT2D eigenvalue weighted by molar-refractivity contribution is 7.86. The van der Waals surface area contributed by atoms with Crippen LogP contribution in [0.15, 0.2) is 0 Å². The molecule has 0 aliphatic carbocycles. The summed E-state index contributed by atoms with van der Waals surface area (Å²) in [6, 6.07) is 0. The Hall–Kier alpha value is -0.700. The summed E-state index contributed by atoms with van der Waals surface area (Å²) in [5.74, 6) is -0.516. The van der Waals surface area contributed by atoms with Crippen molar-refractivity contribution in [3.63, 3.8) is 0 Å². The van der Waals surface area contributed by atoms with E-state index in [2.05, 4.69) is 4.74 Å². The Morgan fingerprint density at radius 3 is 2.30 bits per heavy atom. The van der Waals surface area contributed by atoms with E-state index in [4.69, 9.17) is 0 Å². The summed E-state index contributed by atoms with van der Waals surface area (Å²) in [5, 5.41) is 9.71. The number of nitrogens with zero attached hydrogens (tertiary/aromatic N) is 2. The minimum Gasteiger partial charge on any atom is -0.469 e. The molecule has 1 aliphatic heterocycles. The number of carbonyl (C=O) groups excluding carboxylic acids is 1. The van der Waals surface area contributed by atoms with Crippen molar-refractivity contribution in [1.82, 2.24) is 8.61 Å². The number of carbonyl (C=O) groups is 1. The number of piperidine rings is 1. The van der Waals surface area contributed by atoms with Crippen LogP contribution in [0.5, 0.6) is 0 Å². The number of ether oxygens (including phenoxy) is 1. The van der Waals surface area contributed by atoms with Crippen molar-refractivity contribution < 1.29 is 23.1 Å². The third-order valence-corrected chi connectivity index (χ3v) is 5.25. The quantitative estimate of drug-likeness (QED) is 0.712. The molecule has 0 aromatic heterocycles. The lowest BCUT2D eigenvalue weighted by molar-refractivity contribution is -0.146. The molecule has 1 rings (SSSR count). The summed E-state index contributed by atoms with van der Waals surface area (Å²) >= 11 is 0. The van der Waals surface area contributed by atoms with Crippen LogP contribution >= 0.6 is 0 Å². The zero-order valence-corrected chi connectivity index (χ0v) is 13.3. The van der Waals surface area contributed by atoms with E-state index < -0.39 is 15.8 Å². The molecule has 1 N–H and O–H groups in total. The summed E-state index contributed by atoms with van der Waals surface area (Å²) in [5.41, 5.74) is -1.09. The third kappa shape index (κ3) is 4.41. The second kappa shape index (κ2) is 6.38. The molecule has 0 bridgehead atoms. The molecule has 0 atom stereocenters. The SMILES string of the molecule is COC(=O)C1CCN(S(=O)(=O)N(C)CC(C)(C)O)CC1. The van der Waals surface area contributed by atoms with Crippen molar-refractivity contribution in [3.8, 4) is 0 Å². The van der Waals surface area contributed by atoms with Crippen molar-refractivity contribution in [1.29, 1.82) is 0 Å². The van der Waals surface area contributed by atoms with Crippen LogP contribution in [-0.2, 0) is 19.7 Å². The van der Waals surface area contributed by atoms with Gasteiger partial charge < -0.3 is 9.84 Å². The average molecular weight is 308 g/mol. The Morgan fingerprint density at radius 1 is 1.40 bits per heavy atom.